The normalized spacial score (nSPS) is 11.2. The topological polar surface area (TPSA) is 78.4 Å². The first kappa shape index (κ1) is 15.4. The minimum atomic E-state index is -0.928. The van der Waals surface area contributed by atoms with Gasteiger partial charge in [0.25, 0.3) is 5.91 Å². The Hall–Kier alpha value is -1.69. The first-order valence-corrected chi connectivity index (χ1v) is 6.46. The van der Waals surface area contributed by atoms with Crippen LogP contribution < -0.4 is 5.32 Å². The standard InChI is InChI=1S/C13H22N4O2/c1-5-14-11-8-7-10(15-16-11)12(18)17(6-2)9-13(3,4)19/h7-8,19H,5-6,9H2,1-4H3,(H,14,16). The van der Waals surface area contributed by atoms with Gasteiger partial charge in [0.1, 0.15) is 5.82 Å². The molecule has 0 fully saturated rings. The lowest BCUT2D eigenvalue weighted by atomic mass is 10.1. The molecule has 0 spiro atoms. The van der Waals surface area contributed by atoms with E-state index in [-0.39, 0.29) is 18.1 Å². The fraction of sp³-hybridized carbons (Fsp3) is 0.615. The van der Waals surface area contributed by atoms with Crippen LogP contribution in [-0.2, 0) is 0 Å². The van der Waals surface area contributed by atoms with Crippen LogP contribution in [0.4, 0.5) is 5.82 Å². The highest BCUT2D eigenvalue weighted by atomic mass is 16.3. The van der Waals surface area contributed by atoms with E-state index in [2.05, 4.69) is 15.5 Å². The van der Waals surface area contributed by atoms with Gasteiger partial charge in [-0.3, -0.25) is 4.79 Å². The minimum absolute atomic E-state index is 0.222. The zero-order chi connectivity index (χ0) is 14.5. The van der Waals surface area contributed by atoms with E-state index in [1.165, 1.54) is 0 Å². The molecule has 0 aliphatic rings. The number of aliphatic hydroxyl groups is 1. The van der Waals surface area contributed by atoms with Crippen molar-refractivity contribution < 1.29 is 9.90 Å². The number of likely N-dealkylation sites (N-methyl/N-ethyl adjacent to an activating group) is 1. The third kappa shape index (κ3) is 4.82. The van der Waals surface area contributed by atoms with Crippen LogP contribution in [0, 0.1) is 0 Å². The van der Waals surface area contributed by atoms with Crippen molar-refractivity contribution in [2.75, 3.05) is 25.0 Å². The molecule has 1 aromatic rings. The molecule has 0 saturated carbocycles. The Bertz CT molecular complexity index is 412. The lowest BCUT2D eigenvalue weighted by molar-refractivity contribution is 0.0311. The molecule has 1 rings (SSSR count). The predicted molar refractivity (Wildman–Crippen MR) is 74.1 cm³/mol. The number of aromatic nitrogens is 2. The highest BCUT2D eigenvalue weighted by Gasteiger charge is 2.23. The first-order valence-electron chi connectivity index (χ1n) is 6.46. The molecule has 1 heterocycles. The Morgan fingerprint density at radius 2 is 2.05 bits per heavy atom. The maximum atomic E-state index is 12.2. The van der Waals surface area contributed by atoms with Gasteiger partial charge in [0, 0.05) is 19.6 Å². The van der Waals surface area contributed by atoms with Crippen molar-refractivity contribution in [3.63, 3.8) is 0 Å². The van der Waals surface area contributed by atoms with Gasteiger partial charge in [-0.2, -0.15) is 0 Å². The molecule has 0 aromatic carbocycles. The third-order valence-corrected chi connectivity index (χ3v) is 2.49. The van der Waals surface area contributed by atoms with Gasteiger partial charge in [0.05, 0.1) is 5.60 Å². The second-order valence-corrected chi connectivity index (χ2v) is 4.97. The molecule has 2 N–H and O–H groups in total. The van der Waals surface area contributed by atoms with Crippen LogP contribution in [0.15, 0.2) is 12.1 Å². The largest absolute Gasteiger partial charge is 0.389 e. The van der Waals surface area contributed by atoms with Gasteiger partial charge < -0.3 is 15.3 Å². The van der Waals surface area contributed by atoms with Gasteiger partial charge >= 0.3 is 0 Å². The lowest BCUT2D eigenvalue weighted by Crippen LogP contribution is -2.42. The van der Waals surface area contributed by atoms with Crippen molar-refractivity contribution in [1.29, 1.82) is 0 Å². The molecule has 0 aliphatic heterocycles. The molecule has 0 saturated heterocycles. The number of carbonyl (C=O) groups excluding carboxylic acids is 1. The van der Waals surface area contributed by atoms with E-state index in [9.17, 15) is 9.90 Å². The smallest absolute Gasteiger partial charge is 0.274 e. The Morgan fingerprint density at radius 1 is 1.37 bits per heavy atom. The van der Waals surface area contributed by atoms with Crippen molar-refractivity contribution in [2.24, 2.45) is 0 Å². The third-order valence-electron chi connectivity index (χ3n) is 2.49. The minimum Gasteiger partial charge on any atom is -0.389 e. The number of carbonyl (C=O) groups is 1. The number of anilines is 1. The molecule has 0 bridgehead atoms. The van der Waals surface area contributed by atoms with E-state index < -0.39 is 5.60 Å². The summed E-state index contributed by atoms with van der Waals surface area (Å²) in [5.41, 5.74) is -0.643. The van der Waals surface area contributed by atoms with Crippen LogP contribution >= 0.6 is 0 Å². The molecule has 1 amide bonds. The number of amides is 1. The second kappa shape index (κ2) is 6.47. The number of hydrogen-bond donors (Lipinski definition) is 2. The van der Waals surface area contributed by atoms with Crippen LogP contribution in [0.25, 0.3) is 0 Å². The molecule has 0 unspecified atom stereocenters. The number of nitrogens with zero attached hydrogens (tertiary/aromatic N) is 3. The number of hydrogen-bond acceptors (Lipinski definition) is 5. The van der Waals surface area contributed by atoms with E-state index in [1.54, 1.807) is 30.9 Å². The van der Waals surface area contributed by atoms with Crippen LogP contribution in [0.5, 0.6) is 0 Å². The van der Waals surface area contributed by atoms with Gasteiger partial charge in [-0.1, -0.05) is 0 Å². The monoisotopic (exact) mass is 266 g/mol. The summed E-state index contributed by atoms with van der Waals surface area (Å²) in [5, 5.41) is 20.6. The van der Waals surface area contributed by atoms with Crippen molar-refractivity contribution in [3.8, 4) is 0 Å². The molecule has 6 nitrogen and oxygen atoms in total. The van der Waals surface area contributed by atoms with E-state index in [1.807, 2.05) is 13.8 Å². The highest BCUT2D eigenvalue weighted by molar-refractivity contribution is 5.92. The summed E-state index contributed by atoms with van der Waals surface area (Å²) < 4.78 is 0. The van der Waals surface area contributed by atoms with Crippen molar-refractivity contribution >= 4 is 11.7 Å². The summed E-state index contributed by atoms with van der Waals surface area (Å²) in [6.45, 7) is 8.69. The Morgan fingerprint density at radius 3 is 2.47 bits per heavy atom. The zero-order valence-electron chi connectivity index (χ0n) is 12.0. The van der Waals surface area contributed by atoms with Gasteiger partial charge in [0.15, 0.2) is 5.69 Å². The predicted octanol–water partition coefficient (Wildman–Crippen LogP) is 1.14. The zero-order valence-corrected chi connectivity index (χ0v) is 12.0. The number of nitrogens with one attached hydrogen (secondary N) is 1. The van der Waals surface area contributed by atoms with E-state index >= 15 is 0 Å². The summed E-state index contributed by atoms with van der Waals surface area (Å²) in [5.74, 6) is 0.421. The van der Waals surface area contributed by atoms with Crippen molar-refractivity contribution in [3.05, 3.63) is 17.8 Å². The fourth-order valence-corrected chi connectivity index (χ4v) is 1.68. The van der Waals surface area contributed by atoms with Crippen molar-refractivity contribution in [1.82, 2.24) is 15.1 Å². The maximum Gasteiger partial charge on any atom is 0.274 e. The Balaban J connectivity index is 2.79. The van der Waals surface area contributed by atoms with Gasteiger partial charge in [-0.15, -0.1) is 10.2 Å². The fourth-order valence-electron chi connectivity index (χ4n) is 1.68. The van der Waals surface area contributed by atoms with Crippen LogP contribution in [-0.4, -0.2) is 51.3 Å². The van der Waals surface area contributed by atoms with Gasteiger partial charge in [-0.05, 0) is 39.8 Å². The van der Waals surface area contributed by atoms with Gasteiger partial charge in [0.2, 0.25) is 0 Å². The van der Waals surface area contributed by atoms with Crippen molar-refractivity contribution in [2.45, 2.75) is 33.3 Å². The van der Waals surface area contributed by atoms with Crippen LogP contribution in [0.3, 0.4) is 0 Å². The summed E-state index contributed by atoms with van der Waals surface area (Å²) in [6, 6.07) is 3.36. The summed E-state index contributed by atoms with van der Waals surface area (Å²) in [6.07, 6.45) is 0. The number of rotatable bonds is 6. The SMILES string of the molecule is CCNc1ccc(C(=O)N(CC)CC(C)(C)O)nn1. The van der Waals surface area contributed by atoms with E-state index in [0.717, 1.165) is 6.54 Å². The molecular formula is C13H22N4O2. The average molecular weight is 266 g/mol. The summed E-state index contributed by atoms with van der Waals surface area (Å²) in [4.78, 5) is 13.8. The molecule has 0 aliphatic carbocycles. The molecule has 0 atom stereocenters. The molecule has 106 valence electrons. The van der Waals surface area contributed by atoms with Crippen LogP contribution in [0.2, 0.25) is 0 Å². The molecule has 0 radical (unpaired) electrons. The average Bonchev–Trinajstić information content (AvgIpc) is 2.35. The molecular weight excluding hydrogens is 244 g/mol. The van der Waals surface area contributed by atoms with E-state index in [0.29, 0.717) is 12.4 Å². The second-order valence-electron chi connectivity index (χ2n) is 4.97. The first-order chi connectivity index (χ1) is 8.87. The van der Waals surface area contributed by atoms with E-state index in [4.69, 9.17) is 0 Å². The Kier molecular flexibility index (Phi) is 5.23. The molecule has 1 aromatic heterocycles. The molecule has 6 heteroatoms. The Labute approximate surface area is 113 Å². The van der Waals surface area contributed by atoms with Gasteiger partial charge in [-0.25, -0.2) is 0 Å². The summed E-state index contributed by atoms with van der Waals surface area (Å²) in [7, 11) is 0. The maximum absolute atomic E-state index is 12.2. The lowest BCUT2D eigenvalue weighted by Gasteiger charge is -2.27. The quantitative estimate of drug-likeness (QED) is 0.807. The van der Waals surface area contributed by atoms with Crippen LogP contribution in [0.1, 0.15) is 38.2 Å². The highest BCUT2D eigenvalue weighted by Crippen LogP contribution is 2.09. The summed E-state index contributed by atoms with van der Waals surface area (Å²) >= 11 is 0. The molecule has 19 heavy (non-hydrogen) atoms.